The smallest absolute Gasteiger partial charge is 0.254 e. The van der Waals surface area contributed by atoms with E-state index in [0.29, 0.717) is 6.54 Å². The fourth-order valence-electron chi connectivity index (χ4n) is 1.79. The van der Waals surface area contributed by atoms with Gasteiger partial charge in [-0.2, -0.15) is 0 Å². The number of carbonyl (C=O) groups excluding carboxylic acids is 1. The summed E-state index contributed by atoms with van der Waals surface area (Å²) in [5.74, 6) is -1.44. The van der Waals surface area contributed by atoms with Gasteiger partial charge in [0.2, 0.25) is 0 Å². The van der Waals surface area contributed by atoms with E-state index in [1.165, 1.54) is 12.1 Å². The largest absolute Gasteiger partial charge is 0.508 e. The first-order chi connectivity index (χ1) is 9.06. The molecule has 0 saturated heterocycles. The van der Waals surface area contributed by atoms with Crippen molar-refractivity contribution in [1.82, 2.24) is 5.32 Å². The number of hydrogen-bond acceptors (Lipinski definition) is 2. The number of aromatic hydroxyl groups is 1. The summed E-state index contributed by atoms with van der Waals surface area (Å²) in [7, 11) is 0. The molecule has 0 saturated carbocycles. The van der Waals surface area contributed by atoms with E-state index in [0.717, 1.165) is 17.2 Å². The molecule has 0 aromatic heterocycles. The first-order valence-corrected chi connectivity index (χ1v) is 5.88. The molecule has 0 heterocycles. The van der Waals surface area contributed by atoms with Gasteiger partial charge in [-0.25, -0.2) is 4.39 Å². The number of benzene rings is 2. The summed E-state index contributed by atoms with van der Waals surface area (Å²) in [5.41, 5.74) is 1.97. The number of amides is 1. The third-order valence-electron chi connectivity index (χ3n) is 2.73. The van der Waals surface area contributed by atoms with Crippen molar-refractivity contribution in [3.05, 3.63) is 65.0 Å². The minimum Gasteiger partial charge on any atom is -0.508 e. The van der Waals surface area contributed by atoms with Gasteiger partial charge in [0.1, 0.15) is 11.6 Å². The Labute approximate surface area is 110 Å². The van der Waals surface area contributed by atoms with Crippen LogP contribution in [0.1, 0.15) is 21.5 Å². The Bertz CT molecular complexity index is 611. The number of carbonyl (C=O) groups is 1. The molecule has 2 N–H and O–H groups in total. The summed E-state index contributed by atoms with van der Waals surface area (Å²) in [4.78, 5) is 11.8. The van der Waals surface area contributed by atoms with E-state index in [2.05, 4.69) is 5.32 Å². The lowest BCUT2D eigenvalue weighted by Crippen LogP contribution is -2.23. The highest BCUT2D eigenvalue weighted by Gasteiger charge is 2.11. The van der Waals surface area contributed by atoms with Gasteiger partial charge in [0.15, 0.2) is 0 Å². The van der Waals surface area contributed by atoms with Crippen LogP contribution in [0.25, 0.3) is 0 Å². The summed E-state index contributed by atoms with van der Waals surface area (Å²) in [6.45, 7) is 2.30. The molecule has 2 rings (SSSR count). The van der Waals surface area contributed by atoms with Gasteiger partial charge in [-0.1, -0.05) is 29.8 Å². The number of aryl methyl sites for hydroxylation is 1. The maximum Gasteiger partial charge on any atom is 0.254 e. The number of phenolic OH excluding ortho intramolecular Hbond substituents is 1. The van der Waals surface area contributed by atoms with E-state index in [-0.39, 0.29) is 11.3 Å². The zero-order chi connectivity index (χ0) is 13.8. The molecule has 2 aromatic rings. The van der Waals surface area contributed by atoms with Crippen LogP contribution in [0, 0.1) is 12.7 Å². The molecule has 3 nitrogen and oxygen atoms in total. The minimum atomic E-state index is -0.734. The van der Waals surface area contributed by atoms with Crippen LogP contribution in [0.4, 0.5) is 4.39 Å². The van der Waals surface area contributed by atoms with Crippen molar-refractivity contribution in [3.8, 4) is 5.75 Å². The Balaban J connectivity index is 2.05. The van der Waals surface area contributed by atoms with Crippen LogP contribution < -0.4 is 5.32 Å². The molecule has 2 aromatic carbocycles. The number of hydrogen-bond donors (Lipinski definition) is 2. The first-order valence-electron chi connectivity index (χ1n) is 5.88. The summed E-state index contributed by atoms with van der Waals surface area (Å²) in [5, 5.41) is 11.7. The summed E-state index contributed by atoms with van der Waals surface area (Å²) >= 11 is 0. The molecule has 98 valence electrons. The average molecular weight is 259 g/mol. The van der Waals surface area contributed by atoms with Gasteiger partial charge in [0.05, 0.1) is 5.56 Å². The molecule has 0 spiro atoms. The van der Waals surface area contributed by atoms with Crippen molar-refractivity contribution >= 4 is 5.91 Å². The van der Waals surface area contributed by atoms with Gasteiger partial charge >= 0.3 is 0 Å². The van der Waals surface area contributed by atoms with E-state index in [1.807, 2.05) is 31.2 Å². The van der Waals surface area contributed by atoms with Crippen molar-refractivity contribution < 1.29 is 14.3 Å². The van der Waals surface area contributed by atoms with Crippen molar-refractivity contribution in [3.63, 3.8) is 0 Å². The SMILES string of the molecule is Cc1cccc(CNC(=O)c2ccc(O)cc2F)c1. The zero-order valence-electron chi connectivity index (χ0n) is 10.5. The summed E-state index contributed by atoms with van der Waals surface area (Å²) in [6.07, 6.45) is 0. The molecule has 0 radical (unpaired) electrons. The molecule has 0 fully saturated rings. The van der Waals surface area contributed by atoms with Crippen molar-refractivity contribution in [2.45, 2.75) is 13.5 Å². The van der Waals surface area contributed by atoms with Crippen LogP contribution in [-0.2, 0) is 6.54 Å². The van der Waals surface area contributed by atoms with Gasteiger partial charge in [0, 0.05) is 12.6 Å². The quantitative estimate of drug-likeness (QED) is 0.890. The maximum absolute atomic E-state index is 13.5. The average Bonchev–Trinajstić information content (AvgIpc) is 2.36. The number of rotatable bonds is 3. The van der Waals surface area contributed by atoms with Crippen LogP contribution in [0.3, 0.4) is 0 Å². The maximum atomic E-state index is 13.5. The second kappa shape index (κ2) is 5.52. The molecule has 4 heteroatoms. The van der Waals surface area contributed by atoms with Gasteiger partial charge in [0.25, 0.3) is 5.91 Å². The summed E-state index contributed by atoms with van der Waals surface area (Å²) in [6, 6.07) is 11.2. The Morgan fingerprint density at radius 2 is 2.05 bits per heavy atom. The molecule has 0 aliphatic heterocycles. The number of nitrogens with one attached hydrogen (secondary N) is 1. The minimum absolute atomic E-state index is 0.0783. The molecule has 0 aliphatic carbocycles. The highest BCUT2D eigenvalue weighted by atomic mass is 19.1. The fourth-order valence-corrected chi connectivity index (χ4v) is 1.79. The fraction of sp³-hybridized carbons (Fsp3) is 0.133. The van der Waals surface area contributed by atoms with Crippen molar-refractivity contribution in [1.29, 1.82) is 0 Å². The predicted molar refractivity (Wildman–Crippen MR) is 70.4 cm³/mol. The highest BCUT2D eigenvalue weighted by molar-refractivity contribution is 5.94. The normalized spacial score (nSPS) is 10.2. The molecule has 1 amide bonds. The predicted octanol–water partition coefficient (Wildman–Crippen LogP) is 2.77. The molecule has 0 atom stereocenters. The topological polar surface area (TPSA) is 49.3 Å². The van der Waals surface area contributed by atoms with E-state index in [1.54, 1.807) is 0 Å². The Hall–Kier alpha value is -2.36. The second-order valence-corrected chi connectivity index (χ2v) is 4.34. The van der Waals surface area contributed by atoms with E-state index >= 15 is 0 Å². The first kappa shape index (κ1) is 13.1. The van der Waals surface area contributed by atoms with Crippen LogP contribution in [-0.4, -0.2) is 11.0 Å². The molecule has 0 aliphatic rings. The lowest BCUT2D eigenvalue weighted by Gasteiger charge is -2.07. The van der Waals surface area contributed by atoms with Crippen LogP contribution in [0.5, 0.6) is 5.75 Å². The molecule has 0 unspecified atom stereocenters. The number of phenols is 1. The Kier molecular flexibility index (Phi) is 3.80. The number of halogens is 1. The van der Waals surface area contributed by atoms with E-state index in [9.17, 15) is 9.18 Å². The second-order valence-electron chi connectivity index (χ2n) is 4.34. The van der Waals surface area contributed by atoms with Crippen LogP contribution in [0.15, 0.2) is 42.5 Å². The van der Waals surface area contributed by atoms with Gasteiger partial charge in [-0.3, -0.25) is 4.79 Å². The summed E-state index contributed by atoms with van der Waals surface area (Å²) < 4.78 is 13.5. The highest BCUT2D eigenvalue weighted by Crippen LogP contribution is 2.15. The standard InChI is InChI=1S/C15H14FNO2/c1-10-3-2-4-11(7-10)9-17-15(19)13-6-5-12(18)8-14(13)16/h2-8,18H,9H2,1H3,(H,17,19). The van der Waals surface area contributed by atoms with Gasteiger partial charge in [-0.15, -0.1) is 0 Å². The lowest BCUT2D eigenvalue weighted by molar-refractivity contribution is 0.0947. The van der Waals surface area contributed by atoms with E-state index < -0.39 is 11.7 Å². The molecular formula is C15H14FNO2. The third kappa shape index (κ3) is 3.31. The Morgan fingerprint density at radius 3 is 2.74 bits per heavy atom. The Morgan fingerprint density at radius 1 is 1.26 bits per heavy atom. The monoisotopic (exact) mass is 259 g/mol. The van der Waals surface area contributed by atoms with Gasteiger partial charge in [-0.05, 0) is 24.6 Å². The molecule has 19 heavy (non-hydrogen) atoms. The zero-order valence-corrected chi connectivity index (χ0v) is 10.5. The third-order valence-corrected chi connectivity index (χ3v) is 2.73. The van der Waals surface area contributed by atoms with Crippen molar-refractivity contribution in [2.24, 2.45) is 0 Å². The lowest BCUT2D eigenvalue weighted by atomic mass is 10.1. The van der Waals surface area contributed by atoms with Crippen LogP contribution in [0.2, 0.25) is 0 Å². The van der Waals surface area contributed by atoms with Gasteiger partial charge < -0.3 is 10.4 Å². The molecule has 0 bridgehead atoms. The van der Waals surface area contributed by atoms with Crippen LogP contribution >= 0.6 is 0 Å². The van der Waals surface area contributed by atoms with E-state index in [4.69, 9.17) is 5.11 Å². The molecular weight excluding hydrogens is 245 g/mol. The van der Waals surface area contributed by atoms with Crippen molar-refractivity contribution in [2.75, 3.05) is 0 Å².